The number of pyridine rings is 1. The number of anilines is 1. The van der Waals surface area contributed by atoms with Crippen molar-refractivity contribution in [1.29, 1.82) is 0 Å². The van der Waals surface area contributed by atoms with E-state index in [1.165, 1.54) is 5.56 Å². The third kappa shape index (κ3) is 3.11. The molecule has 2 unspecified atom stereocenters. The van der Waals surface area contributed by atoms with Gasteiger partial charge in [-0.3, -0.25) is 14.3 Å². The number of carbonyl (C=O) groups is 2. The van der Waals surface area contributed by atoms with Crippen molar-refractivity contribution in [2.75, 3.05) is 11.9 Å². The highest BCUT2D eigenvalue weighted by molar-refractivity contribution is 5.98. The lowest BCUT2D eigenvalue weighted by molar-refractivity contribution is -0.115. The minimum absolute atomic E-state index is 0.00792. The van der Waals surface area contributed by atoms with E-state index in [-0.39, 0.29) is 17.9 Å². The van der Waals surface area contributed by atoms with Gasteiger partial charge >= 0.3 is 0 Å². The number of hydrogen-bond donors (Lipinski definition) is 1. The number of piperidine rings is 1. The van der Waals surface area contributed by atoms with Gasteiger partial charge in [0.25, 0.3) is 5.91 Å². The van der Waals surface area contributed by atoms with E-state index in [4.69, 9.17) is 0 Å². The van der Waals surface area contributed by atoms with Crippen LogP contribution in [0.4, 0.5) is 5.82 Å². The molecule has 27 heavy (non-hydrogen) atoms. The SMILES string of the molecule is CCc1cc(C(=O)N2CCC(c3ccnc4c3CC(=O)N4)CC2C)n(C)n1. The number of fused-ring (bicyclic) bond motifs is 1. The molecule has 0 spiro atoms. The zero-order valence-electron chi connectivity index (χ0n) is 16.0. The van der Waals surface area contributed by atoms with Crippen molar-refractivity contribution >= 4 is 17.6 Å². The Morgan fingerprint density at radius 2 is 2.22 bits per heavy atom. The van der Waals surface area contributed by atoms with E-state index in [0.717, 1.165) is 30.5 Å². The van der Waals surface area contributed by atoms with Gasteiger partial charge in [0.2, 0.25) is 5.91 Å². The molecule has 2 aliphatic heterocycles. The molecular weight excluding hydrogens is 342 g/mol. The summed E-state index contributed by atoms with van der Waals surface area (Å²) in [5.74, 6) is 1.10. The second kappa shape index (κ2) is 6.79. The van der Waals surface area contributed by atoms with Crippen LogP contribution in [-0.4, -0.2) is 44.1 Å². The van der Waals surface area contributed by atoms with E-state index >= 15 is 0 Å². The highest BCUT2D eigenvalue weighted by Crippen LogP contribution is 2.37. The summed E-state index contributed by atoms with van der Waals surface area (Å²) in [6, 6.07) is 4.06. The Bertz CT molecular complexity index is 904. The van der Waals surface area contributed by atoms with E-state index in [1.807, 2.05) is 31.0 Å². The van der Waals surface area contributed by atoms with Crippen LogP contribution in [-0.2, 0) is 24.7 Å². The molecule has 2 amide bonds. The average molecular weight is 367 g/mol. The van der Waals surface area contributed by atoms with Crippen molar-refractivity contribution in [1.82, 2.24) is 19.7 Å². The number of rotatable bonds is 3. The van der Waals surface area contributed by atoms with Crippen LogP contribution in [0.2, 0.25) is 0 Å². The summed E-state index contributed by atoms with van der Waals surface area (Å²) >= 11 is 0. The zero-order chi connectivity index (χ0) is 19.1. The van der Waals surface area contributed by atoms with Crippen LogP contribution in [0.3, 0.4) is 0 Å². The maximum absolute atomic E-state index is 13.0. The van der Waals surface area contributed by atoms with Crippen molar-refractivity contribution in [3.05, 3.63) is 40.8 Å². The summed E-state index contributed by atoms with van der Waals surface area (Å²) in [4.78, 5) is 31.0. The predicted molar refractivity (Wildman–Crippen MR) is 102 cm³/mol. The molecule has 4 rings (SSSR count). The van der Waals surface area contributed by atoms with Crippen LogP contribution in [0.5, 0.6) is 0 Å². The van der Waals surface area contributed by atoms with Gasteiger partial charge < -0.3 is 10.2 Å². The highest BCUT2D eigenvalue weighted by atomic mass is 16.2. The van der Waals surface area contributed by atoms with E-state index in [0.29, 0.717) is 30.4 Å². The van der Waals surface area contributed by atoms with Crippen molar-refractivity contribution < 1.29 is 9.59 Å². The summed E-state index contributed by atoms with van der Waals surface area (Å²) in [5, 5.41) is 7.23. The molecule has 4 heterocycles. The fourth-order valence-electron chi connectivity index (χ4n) is 4.32. The highest BCUT2D eigenvalue weighted by Gasteiger charge is 2.34. The Kier molecular flexibility index (Phi) is 4.45. The number of nitrogens with one attached hydrogen (secondary N) is 1. The summed E-state index contributed by atoms with van der Waals surface area (Å²) in [6.45, 7) is 4.85. The molecule has 142 valence electrons. The van der Waals surface area contributed by atoms with Crippen LogP contribution < -0.4 is 5.32 Å². The number of aryl methyl sites for hydroxylation is 2. The molecular formula is C20H25N5O2. The van der Waals surface area contributed by atoms with Crippen LogP contribution in [0, 0.1) is 0 Å². The second-order valence-corrected chi connectivity index (χ2v) is 7.52. The average Bonchev–Trinajstić information content (AvgIpc) is 3.22. The Labute approximate surface area is 158 Å². The molecule has 7 heteroatoms. The lowest BCUT2D eigenvalue weighted by atomic mass is 9.83. The molecule has 0 radical (unpaired) electrons. The molecule has 1 fully saturated rings. The normalized spacial score (nSPS) is 21.9. The lowest BCUT2D eigenvalue weighted by Crippen LogP contribution is -2.44. The predicted octanol–water partition coefficient (Wildman–Crippen LogP) is 2.28. The first-order chi connectivity index (χ1) is 13.0. The quantitative estimate of drug-likeness (QED) is 0.903. The molecule has 0 aromatic carbocycles. The molecule has 2 aliphatic rings. The maximum atomic E-state index is 13.0. The van der Waals surface area contributed by atoms with Gasteiger partial charge in [0, 0.05) is 31.4 Å². The largest absolute Gasteiger partial charge is 0.335 e. The first-order valence-electron chi connectivity index (χ1n) is 9.59. The van der Waals surface area contributed by atoms with E-state index in [2.05, 4.69) is 22.3 Å². The van der Waals surface area contributed by atoms with E-state index in [9.17, 15) is 9.59 Å². The number of nitrogens with zero attached hydrogens (tertiary/aromatic N) is 4. The van der Waals surface area contributed by atoms with Crippen molar-refractivity contribution in [2.45, 2.75) is 51.5 Å². The Balaban J connectivity index is 1.52. The Hall–Kier alpha value is -2.70. The summed E-state index contributed by atoms with van der Waals surface area (Å²) in [5.41, 5.74) is 3.81. The first-order valence-corrected chi connectivity index (χ1v) is 9.59. The maximum Gasteiger partial charge on any atom is 0.272 e. The summed E-state index contributed by atoms with van der Waals surface area (Å²) in [6.07, 6.45) is 4.76. The van der Waals surface area contributed by atoms with Crippen molar-refractivity contribution in [3.8, 4) is 0 Å². The van der Waals surface area contributed by atoms with Crippen LogP contribution in [0.15, 0.2) is 18.3 Å². The second-order valence-electron chi connectivity index (χ2n) is 7.52. The lowest BCUT2D eigenvalue weighted by Gasteiger charge is -2.38. The van der Waals surface area contributed by atoms with Gasteiger partial charge in [0.1, 0.15) is 11.5 Å². The third-order valence-corrected chi connectivity index (χ3v) is 5.78. The van der Waals surface area contributed by atoms with Crippen molar-refractivity contribution in [2.24, 2.45) is 7.05 Å². The van der Waals surface area contributed by atoms with Gasteiger partial charge in [0.05, 0.1) is 12.1 Å². The molecule has 2 aromatic heterocycles. The Morgan fingerprint density at radius 3 is 2.93 bits per heavy atom. The number of hydrogen-bond acceptors (Lipinski definition) is 4. The molecule has 2 atom stereocenters. The van der Waals surface area contributed by atoms with Gasteiger partial charge in [-0.15, -0.1) is 0 Å². The minimum atomic E-state index is 0.00792. The summed E-state index contributed by atoms with van der Waals surface area (Å²) in [7, 11) is 1.83. The minimum Gasteiger partial charge on any atom is -0.335 e. The fraction of sp³-hybridized carbons (Fsp3) is 0.500. The molecule has 2 aromatic rings. The molecule has 0 bridgehead atoms. The van der Waals surface area contributed by atoms with Gasteiger partial charge in [0.15, 0.2) is 0 Å². The number of carbonyl (C=O) groups excluding carboxylic acids is 2. The number of likely N-dealkylation sites (tertiary alicyclic amines) is 1. The standard InChI is InChI=1S/C20H25N5O2/c1-4-14-10-17(24(3)23-14)20(27)25-8-6-13(9-12(25)2)15-5-7-21-19-16(15)11-18(26)22-19/h5,7,10,12-13H,4,6,8-9,11H2,1-3H3,(H,21,22,26). The topological polar surface area (TPSA) is 80.1 Å². The van der Waals surface area contributed by atoms with Crippen LogP contribution in [0.1, 0.15) is 59.9 Å². The number of aromatic nitrogens is 3. The Morgan fingerprint density at radius 1 is 1.41 bits per heavy atom. The van der Waals surface area contributed by atoms with Crippen molar-refractivity contribution in [3.63, 3.8) is 0 Å². The van der Waals surface area contributed by atoms with Crippen LogP contribution >= 0.6 is 0 Å². The van der Waals surface area contributed by atoms with Gasteiger partial charge in [-0.2, -0.15) is 5.10 Å². The molecule has 1 N–H and O–H groups in total. The van der Waals surface area contributed by atoms with Gasteiger partial charge in [-0.05, 0) is 49.8 Å². The van der Waals surface area contributed by atoms with Gasteiger partial charge in [-0.1, -0.05) is 6.92 Å². The molecule has 7 nitrogen and oxygen atoms in total. The van der Waals surface area contributed by atoms with Gasteiger partial charge in [-0.25, -0.2) is 4.98 Å². The van der Waals surface area contributed by atoms with E-state index in [1.54, 1.807) is 10.9 Å². The smallest absolute Gasteiger partial charge is 0.272 e. The molecule has 0 saturated carbocycles. The number of amides is 2. The zero-order valence-corrected chi connectivity index (χ0v) is 16.0. The van der Waals surface area contributed by atoms with Crippen LogP contribution in [0.25, 0.3) is 0 Å². The first kappa shape index (κ1) is 17.7. The fourth-order valence-corrected chi connectivity index (χ4v) is 4.32. The van der Waals surface area contributed by atoms with E-state index < -0.39 is 0 Å². The monoisotopic (exact) mass is 367 g/mol. The summed E-state index contributed by atoms with van der Waals surface area (Å²) < 4.78 is 1.69. The molecule has 0 aliphatic carbocycles. The molecule has 1 saturated heterocycles. The third-order valence-electron chi connectivity index (χ3n) is 5.78.